The van der Waals surface area contributed by atoms with Gasteiger partial charge in [0.25, 0.3) is 5.91 Å². The number of fused-ring (bicyclic) bond motifs is 1. The van der Waals surface area contributed by atoms with Crippen LogP contribution in [-0.2, 0) is 0 Å². The predicted molar refractivity (Wildman–Crippen MR) is 120 cm³/mol. The van der Waals surface area contributed by atoms with E-state index in [1.54, 1.807) is 6.20 Å². The Morgan fingerprint density at radius 1 is 1.14 bits per heavy atom. The van der Waals surface area contributed by atoms with E-state index in [1.165, 1.54) is 12.0 Å². The Balaban J connectivity index is 0.00000240. The molecule has 2 aromatic heterocycles. The smallest absolute Gasteiger partial charge is 0.257 e. The van der Waals surface area contributed by atoms with Crippen LogP contribution in [0.3, 0.4) is 0 Å². The molecular weight excluding hydrogens is 384 g/mol. The van der Waals surface area contributed by atoms with Gasteiger partial charge in [-0.2, -0.15) is 0 Å². The minimum Gasteiger partial charge on any atom is -0.354 e. The van der Waals surface area contributed by atoms with Gasteiger partial charge in [-0.1, -0.05) is 24.6 Å². The highest BCUT2D eigenvalue weighted by Gasteiger charge is 2.25. The Morgan fingerprint density at radius 2 is 1.90 bits per heavy atom. The number of nitrogens with zero attached hydrogens (tertiary/aromatic N) is 3. The molecule has 1 saturated heterocycles. The zero-order chi connectivity index (χ0) is 19.7. The van der Waals surface area contributed by atoms with Crippen LogP contribution in [0.1, 0.15) is 41.4 Å². The van der Waals surface area contributed by atoms with Crippen molar-refractivity contribution in [2.24, 2.45) is 5.92 Å². The number of carbonyl (C=O) groups is 1. The van der Waals surface area contributed by atoms with Crippen LogP contribution in [0.5, 0.6) is 0 Å². The molecule has 3 heterocycles. The van der Waals surface area contributed by atoms with Gasteiger partial charge < -0.3 is 10.2 Å². The third-order valence-electron chi connectivity index (χ3n) is 5.36. The fraction of sp³-hybridized carbons (Fsp3) is 0.348. The second-order valence-electron chi connectivity index (χ2n) is 7.86. The van der Waals surface area contributed by atoms with Gasteiger partial charge in [0.1, 0.15) is 0 Å². The van der Waals surface area contributed by atoms with Crippen LogP contribution < -0.4 is 5.32 Å². The summed E-state index contributed by atoms with van der Waals surface area (Å²) in [7, 11) is 0. The minimum atomic E-state index is 0. The zero-order valence-electron chi connectivity index (χ0n) is 17.1. The highest BCUT2D eigenvalue weighted by atomic mass is 35.5. The van der Waals surface area contributed by atoms with E-state index >= 15 is 0 Å². The molecule has 0 radical (unpaired) electrons. The summed E-state index contributed by atoms with van der Waals surface area (Å²) in [5.74, 6) is 0.570. The summed E-state index contributed by atoms with van der Waals surface area (Å²) in [6, 6.07) is 12.1. The predicted octanol–water partition coefficient (Wildman–Crippen LogP) is 5.28. The minimum absolute atomic E-state index is 0. The quantitative estimate of drug-likeness (QED) is 0.637. The van der Waals surface area contributed by atoms with E-state index in [9.17, 15) is 4.79 Å². The molecule has 1 aliphatic heterocycles. The van der Waals surface area contributed by atoms with Gasteiger partial charge in [-0.15, -0.1) is 12.4 Å². The third-order valence-corrected chi connectivity index (χ3v) is 5.36. The molecule has 0 saturated carbocycles. The number of halogens is 1. The van der Waals surface area contributed by atoms with Gasteiger partial charge in [-0.3, -0.25) is 4.79 Å². The standard InChI is InChI=1S/C23H26N4O.ClH/c1-15-6-9-18(10-7-15)26-21-19-11-8-17(3)25-22(19)24-13-20(21)23(28)27-12-4-5-16(2)14-27;/h6-11,13,16H,4-5,12,14H2,1-3H3,(H,24,25,26);1H. The second kappa shape index (κ2) is 8.78. The Morgan fingerprint density at radius 3 is 2.62 bits per heavy atom. The first kappa shape index (κ1) is 21.1. The van der Waals surface area contributed by atoms with E-state index in [4.69, 9.17) is 0 Å². The van der Waals surface area contributed by atoms with Gasteiger partial charge in [0, 0.05) is 36.1 Å². The highest BCUT2D eigenvalue weighted by Crippen LogP contribution is 2.30. The Hall–Kier alpha value is -2.66. The summed E-state index contributed by atoms with van der Waals surface area (Å²) in [4.78, 5) is 24.3. The van der Waals surface area contributed by atoms with Crippen molar-refractivity contribution in [3.05, 3.63) is 59.4 Å². The molecule has 1 N–H and O–H groups in total. The molecule has 0 bridgehead atoms. The van der Waals surface area contributed by atoms with Gasteiger partial charge in [0.2, 0.25) is 0 Å². The average molecular weight is 411 g/mol. The molecule has 0 aliphatic carbocycles. The summed E-state index contributed by atoms with van der Waals surface area (Å²) in [5.41, 5.74) is 5.08. The zero-order valence-corrected chi connectivity index (χ0v) is 17.9. The Kier molecular flexibility index (Phi) is 6.38. The van der Waals surface area contributed by atoms with Crippen LogP contribution in [0.2, 0.25) is 0 Å². The van der Waals surface area contributed by atoms with Gasteiger partial charge in [0.15, 0.2) is 5.65 Å². The van der Waals surface area contributed by atoms with E-state index in [2.05, 4.69) is 41.3 Å². The van der Waals surface area contributed by atoms with Crippen molar-refractivity contribution in [3.8, 4) is 0 Å². The molecule has 29 heavy (non-hydrogen) atoms. The lowest BCUT2D eigenvalue weighted by Crippen LogP contribution is -2.39. The first-order valence-corrected chi connectivity index (χ1v) is 9.90. The number of pyridine rings is 2. The fourth-order valence-electron chi connectivity index (χ4n) is 3.79. The monoisotopic (exact) mass is 410 g/mol. The van der Waals surface area contributed by atoms with Gasteiger partial charge in [0.05, 0.1) is 11.3 Å². The van der Waals surface area contributed by atoms with Crippen molar-refractivity contribution in [3.63, 3.8) is 0 Å². The normalized spacial score (nSPS) is 16.4. The third kappa shape index (κ3) is 4.51. The second-order valence-corrected chi connectivity index (χ2v) is 7.86. The van der Waals surface area contributed by atoms with E-state index in [0.717, 1.165) is 42.0 Å². The van der Waals surface area contributed by atoms with Crippen molar-refractivity contribution in [2.75, 3.05) is 18.4 Å². The summed E-state index contributed by atoms with van der Waals surface area (Å²) in [6.07, 6.45) is 3.90. The van der Waals surface area contributed by atoms with Crippen molar-refractivity contribution in [1.82, 2.24) is 14.9 Å². The first-order valence-electron chi connectivity index (χ1n) is 9.90. The molecular formula is C23H27ClN4O. The molecule has 3 aromatic rings. The number of hydrogen-bond acceptors (Lipinski definition) is 4. The number of anilines is 2. The van der Waals surface area contributed by atoms with Crippen LogP contribution >= 0.6 is 12.4 Å². The first-order chi connectivity index (χ1) is 13.5. The SMILES string of the molecule is Cc1ccc(Nc2c(C(=O)N3CCCC(C)C3)cnc3nc(C)ccc23)cc1.Cl. The average Bonchev–Trinajstić information content (AvgIpc) is 2.69. The number of nitrogens with one attached hydrogen (secondary N) is 1. The Bertz CT molecular complexity index is 1020. The van der Waals surface area contributed by atoms with E-state index in [1.807, 2.05) is 36.1 Å². The van der Waals surface area contributed by atoms with E-state index in [0.29, 0.717) is 17.1 Å². The van der Waals surface area contributed by atoms with Crippen LogP contribution in [0.15, 0.2) is 42.6 Å². The van der Waals surface area contributed by atoms with Crippen molar-refractivity contribution in [2.45, 2.75) is 33.6 Å². The highest BCUT2D eigenvalue weighted by molar-refractivity contribution is 6.07. The molecule has 1 atom stereocenters. The van der Waals surface area contributed by atoms with E-state index in [-0.39, 0.29) is 18.3 Å². The molecule has 1 aromatic carbocycles. The molecule has 4 rings (SSSR count). The number of aromatic nitrogens is 2. The molecule has 6 heteroatoms. The molecule has 1 unspecified atom stereocenters. The largest absolute Gasteiger partial charge is 0.354 e. The van der Waals surface area contributed by atoms with Crippen LogP contribution in [0, 0.1) is 19.8 Å². The molecule has 0 spiro atoms. The van der Waals surface area contributed by atoms with Crippen LogP contribution in [0.25, 0.3) is 11.0 Å². The summed E-state index contributed by atoms with van der Waals surface area (Å²) in [6.45, 7) is 7.81. The van der Waals surface area contributed by atoms with Crippen molar-refractivity contribution in [1.29, 1.82) is 0 Å². The number of hydrogen-bond donors (Lipinski definition) is 1. The van der Waals surface area contributed by atoms with Crippen LogP contribution in [-0.4, -0.2) is 33.9 Å². The summed E-state index contributed by atoms with van der Waals surface area (Å²) in [5, 5.41) is 4.33. The lowest BCUT2D eigenvalue weighted by atomic mass is 9.99. The maximum absolute atomic E-state index is 13.3. The fourth-order valence-corrected chi connectivity index (χ4v) is 3.79. The number of amides is 1. The lowest BCUT2D eigenvalue weighted by molar-refractivity contribution is 0.0684. The van der Waals surface area contributed by atoms with Gasteiger partial charge >= 0.3 is 0 Å². The Labute approximate surface area is 178 Å². The summed E-state index contributed by atoms with van der Waals surface area (Å²) < 4.78 is 0. The van der Waals surface area contributed by atoms with Crippen molar-refractivity contribution >= 4 is 40.7 Å². The van der Waals surface area contributed by atoms with Gasteiger partial charge in [-0.05, 0) is 56.9 Å². The number of likely N-dealkylation sites (tertiary alicyclic amines) is 1. The summed E-state index contributed by atoms with van der Waals surface area (Å²) >= 11 is 0. The molecule has 1 aliphatic rings. The van der Waals surface area contributed by atoms with Crippen molar-refractivity contribution < 1.29 is 4.79 Å². The van der Waals surface area contributed by atoms with Gasteiger partial charge in [-0.25, -0.2) is 9.97 Å². The number of benzene rings is 1. The molecule has 5 nitrogen and oxygen atoms in total. The number of rotatable bonds is 3. The topological polar surface area (TPSA) is 58.1 Å². The molecule has 152 valence electrons. The molecule has 1 fully saturated rings. The number of piperidine rings is 1. The van der Waals surface area contributed by atoms with Crippen LogP contribution in [0.4, 0.5) is 11.4 Å². The number of carbonyl (C=O) groups excluding carboxylic acids is 1. The van der Waals surface area contributed by atoms with E-state index < -0.39 is 0 Å². The maximum atomic E-state index is 13.3. The number of aryl methyl sites for hydroxylation is 2. The lowest BCUT2D eigenvalue weighted by Gasteiger charge is -2.31. The maximum Gasteiger partial charge on any atom is 0.257 e. The molecule has 1 amide bonds.